The van der Waals surface area contributed by atoms with Gasteiger partial charge < -0.3 is 15.5 Å². The average molecular weight is 374 g/mol. The average Bonchev–Trinajstić information content (AvgIpc) is 3.00. The lowest BCUT2D eigenvalue weighted by atomic mass is 10.1. The Hall–Kier alpha value is -2.11. The van der Waals surface area contributed by atoms with Gasteiger partial charge in [-0.2, -0.15) is 0 Å². The van der Waals surface area contributed by atoms with E-state index in [9.17, 15) is 4.79 Å². The van der Waals surface area contributed by atoms with Crippen molar-refractivity contribution in [1.82, 2.24) is 5.32 Å². The van der Waals surface area contributed by atoms with Crippen LogP contribution in [0.25, 0.3) is 0 Å². The van der Waals surface area contributed by atoms with E-state index in [4.69, 9.17) is 23.8 Å². The zero-order chi connectivity index (χ0) is 17.8. The van der Waals surface area contributed by atoms with Crippen LogP contribution in [-0.4, -0.2) is 17.6 Å². The number of rotatable bonds is 4. The van der Waals surface area contributed by atoms with Crippen LogP contribution >= 0.6 is 23.8 Å². The maximum Gasteiger partial charge on any atom is 0.227 e. The van der Waals surface area contributed by atoms with Gasteiger partial charge in [0.15, 0.2) is 5.11 Å². The summed E-state index contributed by atoms with van der Waals surface area (Å²) in [7, 11) is 0. The summed E-state index contributed by atoms with van der Waals surface area (Å²) in [5.41, 5.74) is 3.91. The minimum absolute atomic E-state index is 0.195. The fraction of sp³-hybridized carbons (Fsp3) is 0.263. The zero-order valence-electron chi connectivity index (χ0n) is 14.0. The van der Waals surface area contributed by atoms with E-state index < -0.39 is 0 Å². The summed E-state index contributed by atoms with van der Waals surface area (Å²) in [6, 6.07) is 13.6. The number of nitrogens with one attached hydrogen (secondary N) is 2. The molecule has 3 rings (SSSR count). The number of halogens is 1. The Morgan fingerprint density at radius 3 is 2.76 bits per heavy atom. The number of aryl methyl sites for hydroxylation is 1. The van der Waals surface area contributed by atoms with Gasteiger partial charge in [-0.15, -0.1) is 0 Å². The highest BCUT2D eigenvalue weighted by molar-refractivity contribution is 7.80. The predicted molar refractivity (Wildman–Crippen MR) is 107 cm³/mol. The van der Waals surface area contributed by atoms with Crippen molar-refractivity contribution >= 4 is 46.2 Å². The van der Waals surface area contributed by atoms with Gasteiger partial charge in [-0.3, -0.25) is 4.79 Å². The highest BCUT2D eigenvalue weighted by Crippen LogP contribution is 2.27. The Bertz CT molecular complexity index is 809. The van der Waals surface area contributed by atoms with Gasteiger partial charge in [-0.25, -0.2) is 0 Å². The van der Waals surface area contributed by atoms with Crippen molar-refractivity contribution in [2.45, 2.75) is 26.3 Å². The summed E-state index contributed by atoms with van der Waals surface area (Å²) in [6.45, 7) is 3.36. The second-order valence-corrected chi connectivity index (χ2v) is 6.86. The molecule has 0 spiro atoms. The van der Waals surface area contributed by atoms with Crippen LogP contribution in [0.1, 0.15) is 24.0 Å². The molecule has 1 saturated heterocycles. The van der Waals surface area contributed by atoms with E-state index in [1.807, 2.05) is 54.3 Å². The fourth-order valence-electron chi connectivity index (χ4n) is 2.93. The molecule has 6 heteroatoms. The van der Waals surface area contributed by atoms with Crippen molar-refractivity contribution in [1.29, 1.82) is 0 Å². The highest BCUT2D eigenvalue weighted by atomic mass is 35.5. The summed E-state index contributed by atoms with van der Waals surface area (Å²) >= 11 is 11.5. The Kier molecular flexibility index (Phi) is 5.56. The van der Waals surface area contributed by atoms with Gasteiger partial charge in [0.1, 0.15) is 0 Å². The van der Waals surface area contributed by atoms with Crippen LogP contribution in [0, 0.1) is 6.92 Å². The summed E-state index contributed by atoms with van der Waals surface area (Å²) in [6.07, 6.45) is 1.56. The van der Waals surface area contributed by atoms with Crippen molar-refractivity contribution in [2.24, 2.45) is 0 Å². The van der Waals surface area contributed by atoms with Crippen molar-refractivity contribution in [3.63, 3.8) is 0 Å². The van der Waals surface area contributed by atoms with Crippen LogP contribution in [0.2, 0.25) is 5.02 Å². The Labute approximate surface area is 158 Å². The van der Waals surface area contributed by atoms with Crippen LogP contribution in [-0.2, 0) is 11.3 Å². The standard InChI is InChI=1S/C19H20ClN3OS/c1-13-11-15(8-9-17(13)23-10-4-7-18(23)24)22-19(25)21-12-14-5-2-3-6-16(14)20/h2-3,5-6,8-9,11H,4,7,10,12H2,1H3,(H2,21,22,25). The number of anilines is 2. The summed E-state index contributed by atoms with van der Waals surface area (Å²) < 4.78 is 0. The van der Waals surface area contributed by atoms with Gasteiger partial charge in [-0.05, 0) is 61.0 Å². The molecule has 0 unspecified atom stereocenters. The highest BCUT2D eigenvalue weighted by Gasteiger charge is 2.22. The molecule has 130 valence electrons. The number of benzene rings is 2. The first kappa shape index (κ1) is 17.7. The van der Waals surface area contributed by atoms with Crippen LogP contribution in [0.4, 0.5) is 11.4 Å². The van der Waals surface area contributed by atoms with Gasteiger partial charge in [0.25, 0.3) is 0 Å². The first-order valence-electron chi connectivity index (χ1n) is 8.24. The van der Waals surface area contributed by atoms with Crippen molar-refractivity contribution in [3.05, 3.63) is 58.6 Å². The molecular weight excluding hydrogens is 354 g/mol. The number of amides is 1. The first-order valence-corrected chi connectivity index (χ1v) is 9.02. The van der Waals surface area contributed by atoms with E-state index in [-0.39, 0.29) is 5.91 Å². The molecule has 2 aromatic rings. The second kappa shape index (κ2) is 7.85. The lowest BCUT2D eigenvalue weighted by Crippen LogP contribution is -2.28. The van der Waals surface area contributed by atoms with E-state index in [1.54, 1.807) is 0 Å². The van der Waals surface area contributed by atoms with E-state index in [0.29, 0.717) is 23.1 Å². The zero-order valence-corrected chi connectivity index (χ0v) is 15.6. The molecule has 1 heterocycles. The van der Waals surface area contributed by atoms with E-state index in [0.717, 1.165) is 35.5 Å². The van der Waals surface area contributed by atoms with Crippen molar-refractivity contribution < 1.29 is 4.79 Å². The molecule has 1 amide bonds. The molecule has 0 aliphatic carbocycles. The molecular formula is C19H20ClN3OS. The number of nitrogens with zero attached hydrogens (tertiary/aromatic N) is 1. The van der Waals surface area contributed by atoms with Crippen LogP contribution in [0.5, 0.6) is 0 Å². The lowest BCUT2D eigenvalue weighted by molar-refractivity contribution is -0.117. The van der Waals surface area contributed by atoms with Crippen molar-refractivity contribution in [3.8, 4) is 0 Å². The van der Waals surface area contributed by atoms with Crippen LogP contribution < -0.4 is 15.5 Å². The summed E-state index contributed by atoms with van der Waals surface area (Å²) in [4.78, 5) is 13.8. The van der Waals surface area contributed by atoms with E-state index in [1.165, 1.54) is 0 Å². The minimum atomic E-state index is 0.195. The molecule has 1 fully saturated rings. The van der Waals surface area contributed by atoms with E-state index in [2.05, 4.69) is 10.6 Å². The predicted octanol–water partition coefficient (Wildman–Crippen LogP) is 4.26. The molecule has 1 aliphatic rings. The maximum absolute atomic E-state index is 11.9. The third-order valence-electron chi connectivity index (χ3n) is 4.22. The van der Waals surface area contributed by atoms with Gasteiger partial charge in [0.05, 0.1) is 0 Å². The van der Waals surface area contributed by atoms with Gasteiger partial charge in [-0.1, -0.05) is 29.8 Å². The minimum Gasteiger partial charge on any atom is -0.358 e. The number of thiocarbonyl (C=S) groups is 1. The van der Waals surface area contributed by atoms with Crippen LogP contribution in [0.15, 0.2) is 42.5 Å². The number of hydrogen-bond donors (Lipinski definition) is 2. The third kappa shape index (κ3) is 4.30. The summed E-state index contributed by atoms with van der Waals surface area (Å²) in [5, 5.41) is 7.58. The topological polar surface area (TPSA) is 44.4 Å². The van der Waals surface area contributed by atoms with Gasteiger partial charge >= 0.3 is 0 Å². The SMILES string of the molecule is Cc1cc(NC(=S)NCc2ccccc2Cl)ccc1N1CCCC1=O. The second-order valence-electron chi connectivity index (χ2n) is 6.05. The maximum atomic E-state index is 11.9. The Morgan fingerprint density at radius 1 is 1.28 bits per heavy atom. The molecule has 1 aliphatic heterocycles. The Balaban J connectivity index is 1.61. The molecule has 2 aromatic carbocycles. The molecule has 0 bridgehead atoms. The lowest BCUT2D eigenvalue weighted by Gasteiger charge is -2.19. The number of carbonyl (C=O) groups is 1. The molecule has 25 heavy (non-hydrogen) atoms. The third-order valence-corrected chi connectivity index (χ3v) is 4.83. The summed E-state index contributed by atoms with van der Waals surface area (Å²) in [5.74, 6) is 0.195. The molecule has 0 atom stereocenters. The fourth-order valence-corrected chi connectivity index (χ4v) is 3.32. The first-order chi connectivity index (χ1) is 12.0. The van der Waals surface area contributed by atoms with Crippen LogP contribution in [0.3, 0.4) is 0 Å². The Morgan fingerprint density at radius 2 is 2.08 bits per heavy atom. The molecule has 4 nitrogen and oxygen atoms in total. The number of carbonyl (C=O) groups excluding carboxylic acids is 1. The van der Waals surface area contributed by atoms with Gasteiger partial charge in [0, 0.05) is 35.9 Å². The van der Waals surface area contributed by atoms with E-state index >= 15 is 0 Å². The van der Waals surface area contributed by atoms with Gasteiger partial charge in [0.2, 0.25) is 5.91 Å². The smallest absolute Gasteiger partial charge is 0.227 e. The molecule has 0 aromatic heterocycles. The molecule has 0 radical (unpaired) electrons. The largest absolute Gasteiger partial charge is 0.358 e. The normalized spacial score (nSPS) is 13.8. The monoisotopic (exact) mass is 373 g/mol. The molecule has 2 N–H and O–H groups in total. The quantitative estimate of drug-likeness (QED) is 0.786. The number of hydrogen-bond acceptors (Lipinski definition) is 2. The van der Waals surface area contributed by atoms with Crippen molar-refractivity contribution in [2.75, 3.05) is 16.8 Å². The molecule has 0 saturated carbocycles.